The van der Waals surface area contributed by atoms with Crippen molar-refractivity contribution in [3.8, 4) is 0 Å². The van der Waals surface area contributed by atoms with E-state index in [-0.39, 0.29) is 6.42 Å². The van der Waals surface area contributed by atoms with E-state index in [1.165, 1.54) is 6.92 Å². The van der Waals surface area contributed by atoms with Gasteiger partial charge in [0.25, 0.3) is 5.41 Å². The summed E-state index contributed by atoms with van der Waals surface area (Å²) < 4.78 is 13.9. The number of carbonyl (C=O) groups excluding carboxylic acids is 3. The Morgan fingerprint density at radius 1 is 0.762 bits per heavy atom. The third-order valence-electron chi connectivity index (χ3n) is 2.55. The van der Waals surface area contributed by atoms with Gasteiger partial charge in [0.05, 0.1) is 19.8 Å². The summed E-state index contributed by atoms with van der Waals surface area (Å²) in [5, 5.41) is 25.9. The molecule has 0 fully saturated rings. The quantitative estimate of drug-likeness (QED) is 0.237. The van der Waals surface area contributed by atoms with E-state index in [9.17, 15) is 14.4 Å². The molecule has 0 amide bonds. The summed E-state index contributed by atoms with van der Waals surface area (Å²) in [7, 11) is 0. The number of hydrogen-bond acceptors (Lipinski definition) is 9. The van der Waals surface area contributed by atoms with E-state index in [0.29, 0.717) is 0 Å². The first-order valence-electron chi connectivity index (χ1n) is 6.35. The number of hydrogen-bond donors (Lipinski definition) is 3. The summed E-state index contributed by atoms with van der Waals surface area (Å²) in [5.74, 6) is -3.65. The third kappa shape index (κ3) is 4.96. The van der Waals surface area contributed by atoms with Crippen molar-refractivity contribution >= 4 is 17.9 Å². The molecule has 0 spiro atoms. The fraction of sp³-hybridized carbons (Fsp3) is 0.750. The average Bonchev–Trinajstić information content (AvgIpc) is 2.49. The monoisotopic (exact) mass is 308 g/mol. The van der Waals surface area contributed by atoms with Crippen molar-refractivity contribution < 1.29 is 43.9 Å². The van der Waals surface area contributed by atoms with Crippen LogP contribution in [0.1, 0.15) is 13.3 Å². The van der Waals surface area contributed by atoms with Gasteiger partial charge >= 0.3 is 17.9 Å². The maximum Gasteiger partial charge on any atom is 0.335 e. The largest absolute Gasteiger partial charge is 0.462 e. The molecule has 3 N–H and O–H groups in total. The molecule has 0 bridgehead atoms. The molecule has 0 aliphatic rings. The van der Waals surface area contributed by atoms with E-state index in [1.54, 1.807) is 0 Å². The van der Waals surface area contributed by atoms with Crippen LogP contribution in [0.25, 0.3) is 0 Å². The van der Waals surface area contributed by atoms with Gasteiger partial charge in [0.15, 0.2) is 0 Å². The number of rotatable bonds is 10. The highest BCUT2D eigenvalue weighted by Gasteiger charge is 2.56. The van der Waals surface area contributed by atoms with Crippen LogP contribution < -0.4 is 0 Å². The number of aliphatic hydroxyl groups excluding tert-OH is 3. The van der Waals surface area contributed by atoms with Gasteiger partial charge in [-0.25, -0.2) is 0 Å². The Hall–Kier alpha value is -1.71. The van der Waals surface area contributed by atoms with Gasteiger partial charge in [-0.1, -0.05) is 6.92 Å². The second-order valence-corrected chi connectivity index (χ2v) is 3.84. The maximum atomic E-state index is 12.0. The molecule has 0 unspecified atom stereocenters. The first-order valence-corrected chi connectivity index (χ1v) is 6.35. The van der Waals surface area contributed by atoms with Gasteiger partial charge in [0, 0.05) is 0 Å². The fourth-order valence-electron chi connectivity index (χ4n) is 1.47. The molecule has 0 aliphatic carbocycles. The number of esters is 3. The Labute approximate surface area is 121 Å². The van der Waals surface area contributed by atoms with Crippen molar-refractivity contribution in [3.05, 3.63) is 0 Å². The number of ether oxygens (including phenoxy) is 3. The molecule has 122 valence electrons. The van der Waals surface area contributed by atoms with E-state index >= 15 is 0 Å². The molecule has 0 aromatic rings. The second-order valence-electron chi connectivity index (χ2n) is 3.84. The summed E-state index contributed by atoms with van der Waals surface area (Å²) in [5.41, 5.74) is -2.35. The first-order chi connectivity index (χ1) is 10.0. The molecule has 0 radical (unpaired) electrons. The molecule has 21 heavy (non-hydrogen) atoms. The lowest BCUT2D eigenvalue weighted by Gasteiger charge is -2.25. The van der Waals surface area contributed by atoms with E-state index < -0.39 is 63.0 Å². The van der Waals surface area contributed by atoms with Gasteiger partial charge in [-0.3, -0.25) is 14.4 Å². The summed E-state index contributed by atoms with van der Waals surface area (Å²) in [6.07, 6.45) is -0.300. The lowest BCUT2D eigenvalue weighted by Crippen LogP contribution is -2.49. The lowest BCUT2D eigenvalue weighted by atomic mass is 9.85. The Balaban J connectivity index is 5.30. The van der Waals surface area contributed by atoms with Crippen LogP contribution in [0, 0.1) is 5.41 Å². The first kappa shape index (κ1) is 19.3. The molecular formula is C12H20O9. The zero-order chi connectivity index (χ0) is 16.3. The highest BCUT2D eigenvalue weighted by atomic mass is 16.6. The zero-order valence-corrected chi connectivity index (χ0v) is 11.7. The average molecular weight is 308 g/mol. The highest BCUT2D eigenvalue weighted by Crippen LogP contribution is 2.28. The topological polar surface area (TPSA) is 140 Å². The smallest absolute Gasteiger partial charge is 0.335 e. The molecule has 0 saturated carbocycles. The molecule has 9 heteroatoms. The Kier molecular flexibility index (Phi) is 9.26. The SMILES string of the molecule is CCC(C(=O)OCCO)(C(=O)OCCO)C(=O)OCCO. The Morgan fingerprint density at radius 2 is 1.05 bits per heavy atom. The minimum absolute atomic E-state index is 0.300. The normalized spacial score (nSPS) is 10.9. The Morgan fingerprint density at radius 3 is 1.24 bits per heavy atom. The van der Waals surface area contributed by atoms with Gasteiger partial charge in [-0.2, -0.15) is 0 Å². The molecule has 9 nitrogen and oxygen atoms in total. The number of aliphatic hydroxyl groups is 3. The molecule has 0 heterocycles. The lowest BCUT2D eigenvalue weighted by molar-refractivity contribution is -0.185. The summed E-state index contributed by atoms with van der Waals surface area (Å²) >= 11 is 0. The van der Waals surface area contributed by atoms with Crippen LogP contribution >= 0.6 is 0 Å². The minimum Gasteiger partial charge on any atom is -0.462 e. The Bertz CT molecular complexity index is 302. The van der Waals surface area contributed by atoms with Crippen molar-refractivity contribution in [2.24, 2.45) is 5.41 Å². The fourth-order valence-corrected chi connectivity index (χ4v) is 1.47. The molecule has 0 atom stereocenters. The van der Waals surface area contributed by atoms with E-state index in [1.807, 2.05) is 0 Å². The predicted molar refractivity (Wildman–Crippen MR) is 66.9 cm³/mol. The molecule has 0 rings (SSSR count). The molecule has 0 aliphatic heterocycles. The highest BCUT2D eigenvalue weighted by molar-refractivity contribution is 6.17. The van der Waals surface area contributed by atoms with Gasteiger partial charge in [-0.15, -0.1) is 0 Å². The van der Waals surface area contributed by atoms with Gasteiger partial charge in [0.2, 0.25) is 0 Å². The van der Waals surface area contributed by atoms with Gasteiger partial charge in [0.1, 0.15) is 19.8 Å². The number of carbonyl (C=O) groups is 3. The molecule has 0 aromatic heterocycles. The standard InChI is InChI=1S/C12H20O9/c1-2-12(9(16)19-6-3-13,10(17)20-7-4-14)11(18)21-8-5-15/h13-15H,2-8H2,1H3. The minimum atomic E-state index is -2.35. The summed E-state index contributed by atoms with van der Waals surface area (Å²) in [4.78, 5) is 36.0. The zero-order valence-electron chi connectivity index (χ0n) is 11.7. The van der Waals surface area contributed by atoms with Crippen molar-refractivity contribution in [1.82, 2.24) is 0 Å². The predicted octanol–water partition coefficient (Wildman–Crippen LogP) is -2.01. The van der Waals surface area contributed by atoms with Crippen LogP contribution in [0.3, 0.4) is 0 Å². The summed E-state index contributed by atoms with van der Waals surface area (Å²) in [6, 6.07) is 0. The van der Waals surface area contributed by atoms with Crippen LogP contribution in [-0.4, -0.2) is 72.9 Å². The molecular weight excluding hydrogens is 288 g/mol. The van der Waals surface area contributed by atoms with E-state index in [2.05, 4.69) is 14.2 Å². The third-order valence-corrected chi connectivity index (χ3v) is 2.55. The van der Waals surface area contributed by atoms with Gasteiger partial charge < -0.3 is 29.5 Å². The van der Waals surface area contributed by atoms with Crippen molar-refractivity contribution in [2.75, 3.05) is 39.6 Å². The van der Waals surface area contributed by atoms with Crippen LogP contribution in [-0.2, 0) is 28.6 Å². The maximum absolute atomic E-state index is 12.0. The van der Waals surface area contributed by atoms with Crippen molar-refractivity contribution in [3.63, 3.8) is 0 Å². The van der Waals surface area contributed by atoms with Gasteiger partial charge in [-0.05, 0) is 6.42 Å². The van der Waals surface area contributed by atoms with Crippen LogP contribution in [0.2, 0.25) is 0 Å². The van der Waals surface area contributed by atoms with Crippen LogP contribution in [0.4, 0.5) is 0 Å². The van der Waals surface area contributed by atoms with E-state index in [4.69, 9.17) is 15.3 Å². The van der Waals surface area contributed by atoms with Crippen molar-refractivity contribution in [2.45, 2.75) is 13.3 Å². The molecule has 0 saturated heterocycles. The van der Waals surface area contributed by atoms with E-state index in [0.717, 1.165) is 0 Å². The summed E-state index contributed by atoms with van der Waals surface area (Å²) in [6.45, 7) is -1.28. The van der Waals surface area contributed by atoms with Crippen LogP contribution in [0.5, 0.6) is 0 Å². The van der Waals surface area contributed by atoms with Crippen molar-refractivity contribution in [1.29, 1.82) is 0 Å². The molecule has 0 aromatic carbocycles. The second kappa shape index (κ2) is 10.1. The van der Waals surface area contributed by atoms with Crippen LogP contribution in [0.15, 0.2) is 0 Å².